The fourth-order valence-corrected chi connectivity index (χ4v) is 2.69. The number of pyridine rings is 1. The molecule has 0 spiro atoms. The Morgan fingerprint density at radius 1 is 1.24 bits per heavy atom. The molecule has 21 heavy (non-hydrogen) atoms. The molecule has 1 aromatic heterocycles. The summed E-state index contributed by atoms with van der Waals surface area (Å²) in [6.45, 7) is 6.88. The van der Waals surface area contributed by atoms with Gasteiger partial charge in [-0.3, -0.25) is 4.98 Å². The first-order chi connectivity index (χ1) is 10.1. The summed E-state index contributed by atoms with van der Waals surface area (Å²) in [4.78, 5) is 4.37. The molecule has 2 aromatic rings. The molecule has 112 valence electrons. The highest BCUT2D eigenvalue weighted by molar-refractivity contribution is 5.35. The van der Waals surface area contributed by atoms with E-state index in [1.807, 2.05) is 38.1 Å². The second-order valence-electron chi connectivity index (χ2n) is 5.51. The maximum Gasteiger partial charge on any atom is 0.128 e. The number of rotatable bonds is 6. The minimum atomic E-state index is -0.128. The van der Waals surface area contributed by atoms with Gasteiger partial charge in [0.2, 0.25) is 0 Å². The largest absolute Gasteiger partial charge is 0.310 e. The molecule has 2 nitrogen and oxygen atoms in total. The minimum absolute atomic E-state index is 0.0413. The van der Waals surface area contributed by atoms with E-state index >= 15 is 0 Å². The molecule has 0 amide bonds. The molecule has 0 radical (unpaired) electrons. The van der Waals surface area contributed by atoms with Crippen molar-refractivity contribution in [3.63, 3.8) is 0 Å². The number of nitrogens with one attached hydrogen (secondary N) is 1. The van der Waals surface area contributed by atoms with Gasteiger partial charge in [0.05, 0.1) is 0 Å². The highest BCUT2D eigenvalue weighted by atomic mass is 19.1. The lowest BCUT2D eigenvalue weighted by Gasteiger charge is -2.22. The van der Waals surface area contributed by atoms with Crippen molar-refractivity contribution in [2.45, 2.75) is 39.7 Å². The number of hydrogen-bond acceptors (Lipinski definition) is 2. The molecule has 1 aromatic carbocycles. The minimum Gasteiger partial charge on any atom is -0.310 e. The van der Waals surface area contributed by atoms with E-state index in [4.69, 9.17) is 0 Å². The van der Waals surface area contributed by atoms with Gasteiger partial charge >= 0.3 is 0 Å². The highest BCUT2D eigenvalue weighted by Gasteiger charge is 2.19. The lowest BCUT2D eigenvalue weighted by molar-refractivity contribution is 0.490. The number of aromatic nitrogens is 1. The monoisotopic (exact) mass is 286 g/mol. The van der Waals surface area contributed by atoms with E-state index in [0.717, 1.165) is 35.3 Å². The Bertz CT molecular complexity index is 558. The van der Waals surface area contributed by atoms with E-state index in [-0.39, 0.29) is 11.9 Å². The maximum absolute atomic E-state index is 14.4. The molecule has 3 heteroatoms. The van der Waals surface area contributed by atoms with Gasteiger partial charge in [0.25, 0.3) is 0 Å². The van der Waals surface area contributed by atoms with E-state index in [1.165, 1.54) is 0 Å². The third kappa shape index (κ3) is 4.11. The van der Waals surface area contributed by atoms with Gasteiger partial charge < -0.3 is 5.32 Å². The van der Waals surface area contributed by atoms with E-state index in [1.54, 1.807) is 12.3 Å². The SMILES string of the molecule is CCCNC(Cc1ccccn1)c1c(C)cc(C)cc1F. The van der Waals surface area contributed by atoms with Crippen molar-refractivity contribution >= 4 is 0 Å². The van der Waals surface area contributed by atoms with E-state index in [9.17, 15) is 4.39 Å². The molecular formula is C18H23FN2. The topological polar surface area (TPSA) is 24.9 Å². The van der Waals surface area contributed by atoms with Gasteiger partial charge in [-0.2, -0.15) is 0 Å². The molecule has 0 aliphatic carbocycles. The summed E-state index contributed by atoms with van der Waals surface area (Å²) in [7, 11) is 0. The van der Waals surface area contributed by atoms with Gasteiger partial charge in [0.15, 0.2) is 0 Å². The van der Waals surface area contributed by atoms with E-state index in [2.05, 4.69) is 17.2 Å². The average Bonchev–Trinajstić information content (AvgIpc) is 2.44. The van der Waals surface area contributed by atoms with Crippen LogP contribution in [0.25, 0.3) is 0 Å². The first-order valence-electron chi connectivity index (χ1n) is 7.51. The number of hydrogen-bond donors (Lipinski definition) is 1. The molecule has 0 saturated carbocycles. The molecular weight excluding hydrogens is 263 g/mol. The zero-order valence-corrected chi connectivity index (χ0v) is 13.0. The van der Waals surface area contributed by atoms with Gasteiger partial charge in [0.1, 0.15) is 5.82 Å². The van der Waals surface area contributed by atoms with Crippen LogP contribution >= 0.6 is 0 Å². The Balaban J connectivity index is 2.32. The van der Waals surface area contributed by atoms with Crippen molar-refractivity contribution in [1.29, 1.82) is 0 Å². The van der Waals surface area contributed by atoms with Crippen LogP contribution in [0, 0.1) is 19.7 Å². The Kier molecular flexibility index (Phi) is 5.45. The van der Waals surface area contributed by atoms with Crippen molar-refractivity contribution < 1.29 is 4.39 Å². The summed E-state index contributed by atoms with van der Waals surface area (Å²) < 4.78 is 14.4. The van der Waals surface area contributed by atoms with Crippen LogP contribution in [0.3, 0.4) is 0 Å². The number of aryl methyl sites for hydroxylation is 2. The van der Waals surface area contributed by atoms with Gasteiger partial charge in [-0.1, -0.05) is 19.1 Å². The number of nitrogens with zero attached hydrogens (tertiary/aromatic N) is 1. The zero-order chi connectivity index (χ0) is 15.2. The molecule has 0 bridgehead atoms. The van der Waals surface area contributed by atoms with E-state index < -0.39 is 0 Å². The number of benzene rings is 1. The van der Waals surface area contributed by atoms with Crippen molar-refractivity contribution in [3.05, 3.63) is 64.7 Å². The fraction of sp³-hybridized carbons (Fsp3) is 0.389. The third-order valence-electron chi connectivity index (χ3n) is 3.61. The van der Waals surface area contributed by atoms with Crippen molar-refractivity contribution in [3.8, 4) is 0 Å². The molecule has 1 unspecified atom stereocenters. The Hall–Kier alpha value is -1.74. The molecule has 2 rings (SSSR count). The van der Waals surface area contributed by atoms with Gasteiger partial charge in [0, 0.05) is 29.9 Å². The second-order valence-corrected chi connectivity index (χ2v) is 5.51. The summed E-state index contributed by atoms with van der Waals surface area (Å²) in [5.41, 5.74) is 3.70. The maximum atomic E-state index is 14.4. The van der Waals surface area contributed by atoms with Crippen LogP contribution in [-0.2, 0) is 6.42 Å². The van der Waals surface area contributed by atoms with Gasteiger partial charge in [-0.25, -0.2) is 4.39 Å². The highest BCUT2D eigenvalue weighted by Crippen LogP contribution is 2.25. The Labute approximate surface area is 126 Å². The first-order valence-corrected chi connectivity index (χ1v) is 7.51. The zero-order valence-electron chi connectivity index (χ0n) is 13.0. The standard InChI is InChI=1S/C18H23FN2/c1-4-8-21-17(12-15-7-5-6-9-20-15)18-14(3)10-13(2)11-16(18)19/h5-7,9-11,17,21H,4,8,12H2,1-3H3. The quantitative estimate of drug-likeness (QED) is 0.864. The third-order valence-corrected chi connectivity index (χ3v) is 3.61. The van der Waals surface area contributed by atoms with Crippen molar-refractivity contribution in [1.82, 2.24) is 10.3 Å². The number of halogens is 1. The normalized spacial score (nSPS) is 12.4. The molecule has 1 heterocycles. The average molecular weight is 286 g/mol. The van der Waals surface area contributed by atoms with Crippen LogP contribution in [-0.4, -0.2) is 11.5 Å². The van der Waals surface area contributed by atoms with Crippen LogP contribution in [0.5, 0.6) is 0 Å². The predicted octanol–water partition coefficient (Wildman–Crippen LogP) is 4.12. The molecule has 0 saturated heterocycles. The predicted molar refractivity (Wildman–Crippen MR) is 84.8 cm³/mol. The van der Waals surface area contributed by atoms with Crippen LogP contribution in [0.1, 0.15) is 41.8 Å². The fourth-order valence-electron chi connectivity index (χ4n) is 2.69. The van der Waals surface area contributed by atoms with Crippen LogP contribution < -0.4 is 5.32 Å². The van der Waals surface area contributed by atoms with Crippen molar-refractivity contribution in [2.75, 3.05) is 6.54 Å². The lowest BCUT2D eigenvalue weighted by atomic mass is 9.95. The van der Waals surface area contributed by atoms with Crippen LogP contribution in [0.4, 0.5) is 4.39 Å². The molecule has 1 atom stereocenters. The van der Waals surface area contributed by atoms with Crippen LogP contribution in [0.15, 0.2) is 36.5 Å². The van der Waals surface area contributed by atoms with Crippen molar-refractivity contribution in [2.24, 2.45) is 0 Å². The van der Waals surface area contributed by atoms with Gasteiger partial charge in [-0.15, -0.1) is 0 Å². The van der Waals surface area contributed by atoms with Gasteiger partial charge in [-0.05, 0) is 56.1 Å². The van der Waals surface area contributed by atoms with E-state index in [0.29, 0.717) is 6.42 Å². The smallest absolute Gasteiger partial charge is 0.128 e. The summed E-state index contributed by atoms with van der Waals surface area (Å²) in [6, 6.07) is 9.47. The summed E-state index contributed by atoms with van der Waals surface area (Å²) in [5.74, 6) is -0.128. The Morgan fingerprint density at radius 2 is 2.05 bits per heavy atom. The molecule has 0 aliphatic heterocycles. The molecule has 0 aliphatic rings. The lowest BCUT2D eigenvalue weighted by Crippen LogP contribution is -2.26. The van der Waals surface area contributed by atoms with Crippen LogP contribution in [0.2, 0.25) is 0 Å². The summed E-state index contributed by atoms with van der Waals surface area (Å²) in [5, 5.41) is 3.46. The Morgan fingerprint density at radius 3 is 2.67 bits per heavy atom. The second kappa shape index (κ2) is 7.32. The molecule has 1 N–H and O–H groups in total. The molecule has 0 fully saturated rings. The summed E-state index contributed by atoms with van der Waals surface area (Å²) >= 11 is 0. The first kappa shape index (κ1) is 15.6. The summed E-state index contributed by atoms with van der Waals surface area (Å²) in [6.07, 6.45) is 3.50.